The molecular weight excluding hydrogens is 522 g/mol. The average Bonchev–Trinajstić information content (AvgIpc) is 3.48. The molecule has 1 N–H and O–H groups in total. The lowest BCUT2D eigenvalue weighted by molar-refractivity contribution is 0.140. The van der Waals surface area contributed by atoms with Crippen LogP contribution in [0.2, 0.25) is 15.1 Å². The van der Waals surface area contributed by atoms with Crippen molar-refractivity contribution < 1.29 is 9.18 Å². The number of amides is 2. The van der Waals surface area contributed by atoms with Crippen LogP contribution < -0.4 is 5.32 Å². The number of nitrogens with one attached hydrogen (secondary N) is 1. The highest BCUT2D eigenvalue weighted by molar-refractivity contribution is 6.33. The lowest BCUT2D eigenvalue weighted by atomic mass is 9.93. The summed E-state index contributed by atoms with van der Waals surface area (Å²) in [6.07, 6.45) is 3.80. The molecule has 9 heteroatoms. The van der Waals surface area contributed by atoms with E-state index in [1.54, 1.807) is 6.07 Å². The molecule has 3 aliphatic rings. The summed E-state index contributed by atoms with van der Waals surface area (Å²) in [5.41, 5.74) is 1.59. The van der Waals surface area contributed by atoms with Gasteiger partial charge in [-0.1, -0.05) is 34.8 Å². The fourth-order valence-corrected chi connectivity index (χ4v) is 6.81. The molecule has 2 aromatic rings. The highest BCUT2D eigenvalue weighted by Gasteiger charge is 2.64. The molecule has 3 atom stereocenters. The molecule has 2 aliphatic carbocycles. The summed E-state index contributed by atoms with van der Waals surface area (Å²) in [7, 11) is 2.15. The lowest BCUT2D eigenvalue weighted by Crippen LogP contribution is -2.47. The van der Waals surface area contributed by atoms with Crippen molar-refractivity contribution in [1.82, 2.24) is 14.7 Å². The summed E-state index contributed by atoms with van der Waals surface area (Å²) in [5.74, 6) is -0.157. The normalized spacial score (nSPS) is 26.0. The molecule has 0 unspecified atom stereocenters. The van der Waals surface area contributed by atoms with Crippen molar-refractivity contribution in [3.8, 4) is 0 Å². The molecule has 0 bridgehead atoms. The van der Waals surface area contributed by atoms with Gasteiger partial charge in [0, 0.05) is 59.9 Å². The smallest absolute Gasteiger partial charge is 0.321 e. The number of hydrogen-bond acceptors (Lipinski definition) is 3. The number of halogens is 4. The van der Waals surface area contributed by atoms with Gasteiger partial charge in [0.25, 0.3) is 0 Å². The zero-order chi connectivity index (χ0) is 25.4. The fourth-order valence-electron chi connectivity index (χ4n) is 6.15. The van der Waals surface area contributed by atoms with Crippen LogP contribution in [0.5, 0.6) is 0 Å². The van der Waals surface area contributed by atoms with E-state index in [0.29, 0.717) is 23.2 Å². The number of carbonyl (C=O) groups excluding carboxylic acids is 1. The quantitative estimate of drug-likeness (QED) is 0.433. The van der Waals surface area contributed by atoms with Crippen LogP contribution in [-0.4, -0.2) is 73.1 Å². The third kappa shape index (κ3) is 5.34. The monoisotopic (exact) mass is 552 g/mol. The summed E-state index contributed by atoms with van der Waals surface area (Å²) in [6, 6.07) is 9.91. The number of piperazine rings is 1. The number of nitrogens with zero attached hydrogens (tertiary/aromatic N) is 3. The molecule has 2 saturated carbocycles. The zero-order valence-electron chi connectivity index (χ0n) is 20.5. The topological polar surface area (TPSA) is 38.8 Å². The molecule has 5 rings (SSSR count). The van der Waals surface area contributed by atoms with E-state index in [4.69, 9.17) is 34.8 Å². The van der Waals surface area contributed by atoms with Crippen molar-refractivity contribution in [2.45, 2.75) is 37.1 Å². The van der Waals surface area contributed by atoms with Gasteiger partial charge >= 0.3 is 6.03 Å². The van der Waals surface area contributed by atoms with Crippen LogP contribution in [-0.2, 0) is 5.41 Å². The van der Waals surface area contributed by atoms with Gasteiger partial charge in [-0.05, 0) is 87.2 Å². The van der Waals surface area contributed by atoms with E-state index < -0.39 is 5.82 Å². The number of hydrogen-bond donors (Lipinski definition) is 1. The van der Waals surface area contributed by atoms with Crippen molar-refractivity contribution >= 4 is 46.5 Å². The fraction of sp³-hybridized carbons (Fsp3) is 0.519. The summed E-state index contributed by atoms with van der Waals surface area (Å²) >= 11 is 18.9. The molecule has 1 heterocycles. The zero-order valence-corrected chi connectivity index (χ0v) is 22.7. The van der Waals surface area contributed by atoms with E-state index in [0.717, 1.165) is 69.0 Å². The van der Waals surface area contributed by atoms with Crippen molar-refractivity contribution in [3.63, 3.8) is 0 Å². The summed E-state index contributed by atoms with van der Waals surface area (Å²) in [5, 5.41) is 4.39. The Hall–Kier alpha value is -1.57. The third-order valence-corrected chi connectivity index (χ3v) is 9.10. The van der Waals surface area contributed by atoms with Crippen molar-refractivity contribution in [3.05, 3.63) is 62.8 Å². The standard InChI is InChI=1S/C27H32Cl3FN4O/c1-33-11-13-34(14-12-33)9-2-10-35(26(36)32-19-4-6-24(31)23(30)16-19)25-7-8-27(17-21(25)27)20-15-18(28)3-5-22(20)29/h3-6,15-16,21,25H,2,7-14,17H2,1H3,(H,32,36)/t21-,25-,27-/m1/s1. The number of rotatable bonds is 7. The maximum absolute atomic E-state index is 13.6. The van der Waals surface area contributed by atoms with Gasteiger partial charge in [-0.15, -0.1) is 0 Å². The van der Waals surface area contributed by atoms with Gasteiger partial charge in [0.15, 0.2) is 0 Å². The number of urea groups is 1. The predicted octanol–water partition coefficient (Wildman–Crippen LogP) is 6.38. The molecule has 2 amide bonds. The van der Waals surface area contributed by atoms with E-state index in [-0.39, 0.29) is 22.5 Å². The van der Waals surface area contributed by atoms with Gasteiger partial charge in [-0.2, -0.15) is 0 Å². The van der Waals surface area contributed by atoms with Crippen LogP contribution >= 0.6 is 34.8 Å². The van der Waals surface area contributed by atoms with Gasteiger partial charge in [-0.25, -0.2) is 9.18 Å². The number of fused-ring (bicyclic) bond motifs is 1. The van der Waals surface area contributed by atoms with Crippen LogP contribution in [0, 0.1) is 11.7 Å². The van der Waals surface area contributed by atoms with E-state index in [1.807, 2.05) is 23.1 Å². The van der Waals surface area contributed by atoms with Gasteiger partial charge in [0.1, 0.15) is 5.82 Å². The molecule has 2 aromatic carbocycles. The first-order valence-electron chi connectivity index (χ1n) is 12.7. The maximum Gasteiger partial charge on any atom is 0.322 e. The van der Waals surface area contributed by atoms with Crippen LogP contribution in [0.25, 0.3) is 0 Å². The molecule has 36 heavy (non-hydrogen) atoms. The van der Waals surface area contributed by atoms with Gasteiger partial charge in [0.2, 0.25) is 0 Å². The Bertz CT molecular complexity index is 1130. The predicted molar refractivity (Wildman–Crippen MR) is 145 cm³/mol. The highest BCUT2D eigenvalue weighted by Crippen LogP contribution is 2.66. The summed E-state index contributed by atoms with van der Waals surface area (Å²) in [6.45, 7) is 5.88. The van der Waals surface area contributed by atoms with Crippen molar-refractivity contribution in [1.29, 1.82) is 0 Å². The van der Waals surface area contributed by atoms with Crippen molar-refractivity contribution in [2.75, 3.05) is 51.6 Å². The van der Waals surface area contributed by atoms with Crippen LogP contribution in [0.15, 0.2) is 36.4 Å². The first-order valence-corrected chi connectivity index (χ1v) is 13.8. The number of anilines is 1. The second kappa shape index (κ2) is 10.7. The van der Waals surface area contributed by atoms with Gasteiger partial charge in [-0.3, -0.25) is 0 Å². The summed E-state index contributed by atoms with van der Waals surface area (Å²) < 4.78 is 13.6. The average molecular weight is 554 g/mol. The molecule has 3 fully saturated rings. The van der Waals surface area contributed by atoms with E-state index in [9.17, 15) is 9.18 Å². The van der Waals surface area contributed by atoms with E-state index in [2.05, 4.69) is 22.2 Å². The third-order valence-electron chi connectivity index (χ3n) is 8.25. The summed E-state index contributed by atoms with van der Waals surface area (Å²) in [4.78, 5) is 20.4. The molecular formula is C27H32Cl3FN4O. The molecule has 1 aliphatic heterocycles. The Morgan fingerprint density at radius 1 is 1.11 bits per heavy atom. The van der Waals surface area contributed by atoms with Gasteiger partial charge in [0.05, 0.1) is 5.02 Å². The number of benzene rings is 2. The first-order chi connectivity index (χ1) is 17.3. The minimum Gasteiger partial charge on any atom is -0.321 e. The Labute approximate surface area is 227 Å². The number of likely N-dealkylation sites (N-methyl/N-ethyl adjacent to an activating group) is 1. The Morgan fingerprint density at radius 2 is 1.89 bits per heavy atom. The molecule has 194 valence electrons. The minimum absolute atomic E-state index is 0.00732. The van der Waals surface area contributed by atoms with Gasteiger partial charge < -0.3 is 20.0 Å². The minimum atomic E-state index is -0.504. The first kappa shape index (κ1) is 26.1. The second-order valence-electron chi connectivity index (χ2n) is 10.4. The maximum atomic E-state index is 13.6. The Morgan fingerprint density at radius 3 is 2.61 bits per heavy atom. The van der Waals surface area contributed by atoms with Crippen molar-refractivity contribution in [2.24, 2.45) is 5.92 Å². The van der Waals surface area contributed by atoms with Crippen LogP contribution in [0.1, 0.15) is 31.2 Å². The number of carbonyl (C=O) groups is 1. The SMILES string of the molecule is CN1CCN(CCCN(C(=O)Nc2ccc(F)c(Cl)c2)[C@@H]2CC[C@]3(c4cc(Cl)ccc4Cl)C[C@H]23)CC1. The van der Waals surface area contributed by atoms with E-state index in [1.165, 1.54) is 12.1 Å². The Balaban J connectivity index is 1.31. The second-order valence-corrected chi connectivity index (χ2v) is 11.7. The highest BCUT2D eigenvalue weighted by atomic mass is 35.5. The molecule has 5 nitrogen and oxygen atoms in total. The van der Waals surface area contributed by atoms with Crippen LogP contribution in [0.4, 0.5) is 14.9 Å². The largest absolute Gasteiger partial charge is 0.322 e. The molecule has 0 aromatic heterocycles. The lowest BCUT2D eigenvalue weighted by Gasteiger charge is -2.34. The van der Waals surface area contributed by atoms with E-state index >= 15 is 0 Å². The molecule has 1 saturated heterocycles. The molecule has 0 spiro atoms. The molecule has 0 radical (unpaired) electrons. The van der Waals surface area contributed by atoms with Crippen LogP contribution in [0.3, 0.4) is 0 Å². The Kier molecular flexibility index (Phi) is 7.71.